The second-order valence-corrected chi connectivity index (χ2v) is 8.22. The molecule has 0 N–H and O–H groups in total. The zero-order chi connectivity index (χ0) is 19.2. The molecule has 0 amide bonds. The van der Waals surface area contributed by atoms with Gasteiger partial charge in [0.1, 0.15) is 13.1 Å². The van der Waals surface area contributed by atoms with Crippen molar-refractivity contribution in [3.63, 3.8) is 0 Å². The van der Waals surface area contributed by atoms with Crippen molar-refractivity contribution < 1.29 is 8.97 Å². The van der Waals surface area contributed by atoms with Gasteiger partial charge < -0.3 is 0 Å². The average molecular weight is 351 g/mol. The quantitative estimate of drug-likeness (QED) is 0.432. The van der Waals surface area contributed by atoms with Crippen LogP contribution in [0.25, 0.3) is 12.2 Å². The molecule has 138 valence electrons. The van der Waals surface area contributed by atoms with E-state index in [-0.39, 0.29) is 0 Å². The fraction of sp³-hybridized carbons (Fsp3) is 0.333. The minimum Gasteiger partial charge on any atom is -0.278 e. The Kier molecular flexibility index (Phi) is 6.57. The Hall–Kier alpha value is -2.16. The Bertz CT molecular complexity index is 726. The molecule has 2 aromatic rings. The predicted molar refractivity (Wildman–Crippen MR) is 114 cm³/mol. The highest BCUT2D eigenvalue weighted by Gasteiger charge is 2.30. The van der Waals surface area contributed by atoms with Crippen LogP contribution in [-0.2, 0) is 13.1 Å². The summed E-state index contributed by atoms with van der Waals surface area (Å²) in [6.07, 6.45) is 3.79. The predicted octanol–water partition coefficient (Wildman–Crippen LogP) is 5.17. The Morgan fingerprint density at radius 3 is 1.54 bits per heavy atom. The fourth-order valence-electron chi connectivity index (χ4n) is 3.69. The highest BCUT2D eigenvalue weighted by atomic mass is 15.5. The van der Waals surface area contributed by atoms with E-state index in [0.29, 0.717) is 0 Å². The molecule has 1 unspecified atom stereocenters. The average Bonchev–Trinajstić information content (AvgIpc) is 2.62. The molecule has 2 aromatic carbocycles. The summed E-state index contributed by atoms with van der Waals surface area (Å²) in [6, 6.07) is 17.5. The Morgan fingerprint density at radius 2 is 1.15 bits per heavy atom. The van der Waals surface area contributed by atoms with Gasteiger partial charge in [-0.1, -0.05) is 73.8 Å². The van der Waals surface area contributed by atoms with Crippen LogP contribution in [0, 0.1) is 0 Å². The molecule has 2 rings (SSSR count). The second-order valence-electron chi connectivity index (χ2n) is 8.22. The third kappa shape index (κ3) is 5.69. The van der Waals surface area contributed by atoms with E-state index >= 15 is 0 Å². The van der Waals surface area contributed by atoms with E-state index in [4.69, 9.17) is 0 Å². The lowest BCUT2D eigenvalue weighted by Crippen LogP contribution is -2.56. The van der Waals surface area contributed by atoms with Crippen molar-refractivity contribution in [2.45, 2.75) is 20.0 Å². The van der Waals surface area contributed by atoms with Gasteiger partial charge in [0.05, 0.1) is 27.7 Å². The van der Waals surface area contributed by atoms with Crippen LogP contribution in [-0.4, -0.2) is 43.3 Å². The second kappa shape index (κ2) is 8.48. The summed E-state index contributed by atoms with van der Waals surface area (Å²) in [5.41, 5.74) is 5.11. The van der Waals surface area contributed by atoms with Gasteiger partial charge in [0.25, 0.3) is 0 Å². The minimum absolute atomic E-state index is 0.961. The maximum absolute atomic E-state index is 3.84. The molecule has 0 radical (unpaired) electrons. The molecule has 0 heterocycles. The van der Waals surface area contributed by atoms with Gasteiger partial charge in [-0.05, 0) is 18.1 Å². The number of nitrogens with zero attached hydrogens (tertiary/aromatic N) is 2. The molecule has 2 heteroatoms. The number of rotatable bonds is 9. The molecule has 0 aliphatic rings. The van der Waals surface area contributed by atoms with Gasteiger partial charge in [0.15, 0.2) is 0 Å². The minimum atomic E-state index is 0.961. The van der Waals surface area contributed by atoms with E-state index in [1.54, 1.807) is 0 Å². The number of hydrogen-bond acceptors (Lipinski definition) is 0. The maximum atomic E-state index is 3.84. The van der Waals surface area contributed by atoms with Gasteiger partial charge in [0, 0.05) is 11.1 Å². The van der Waals surface area contributed by atoms with E-state index < -0.39 is 0 Å². The first-order valence-corrected chi connectivity index (χ1v) is 9.37. The summed E-state index contributed by atoms with van der Waals surface area (Å²) in [6.45, 7) is 14.2. The zero-order valence-electron chi connectivity index (χ0n) is 16.9. The van der Waals surface area contributed by atoms with Gasteiger partial charge in [0.2, 0.25) is 6.67 Å². The summed E-state index contributed by atoms with van der Waals surface area (Å²) in [4.78, 5) is 0. The van der Waals surface area contributed by atoms with Crippen molar-refractivity contribution in [1.82, 2.24) is 0 Å². The molecule has 2 nitrogen and oxygen atoms in total. The molecule has 0 saturated heterocycles. The largest absolute Gasteiger partial charge is 0.278 e. The van der Waals surface area contributed by atoms with Crippen molar-refractivity contribution in [2.24, 2.45) is 0 Å². The molecule has 0 aliphatic heterocycles. The summed E-state index contributed by atoms with van der Waals surface area (Å²) in [5, 5.41) is 0. The first-order chi connectivity index (χ1) is 12.3. The van der Waals surface area contributed by atoms with Crippen LogP contribution in [0.1, 0.15) is 29.2 Å². The molecule has 1 atom stereocenters. The van der Waals surface area contributed by atoms with E-state index in [1.807, 2.05) is 12.2 Å². The molecule has 0 aromatic heterocycles. The molecule has 0 spiro atoms. The Labute approximate surface area is 159 Å². The highest BCUT2D eigenvalue weighted by Crippen LogP contribution is 2.19. The fourth-order valence-corrected chi connectivity index (χ4v) is 3.69. The van der Waals surface area contributed by atoms with Gasteiger partial charge in [-0.25, -0.2) is 0 Å². The highest BCUT2D eigenvalue weighted by molar-refractivity contribution is 5.47. The summed E-state index contributed by atoms with van der Waals surface area (Å²) >= 11 is 0. The van der Waals surface area contributed by atoms with Gasteiger partial charge in [-0.2, -0.15) is 0 Å². The van der Waals surface area contributed by atoms with E-state index in [1.165, 1.54) is 22.3 Å². The van der Waals surface area contributed by atoms with Crippen molar-refractivity contribution in [1.29, 1.82) is 0 Å². The lowest BCUT2D eigenvalue weighted by Gasteiger charge is -2.41. The number of benzene rings is 2. The van der Waals surface area contributed by atoms with Crippen LogP contribution >= 0.6 is 0 Å². The molecule has 0 aliphatic carbocycles. The van der Waals surface area contributed by atoms with Crippen LogP contribution in [0.5, 0.6) is 0 Å². The summed E-state index contributed by atoms with van der Waals surface area (Å²) in [5.74, 6) is 0. The standard InChI is InChI=1S/C24H34N2/c1-7-21-10-14-23(15-11-21)18-25(4,5)20-26(6,9-3)19-24-16-12-22(8-2)13-17-24/h7-8,10-17H,1-2,9,18-20H2,3-6H3/q+2. The van der Waals surface area contributed by atoms with Crippen LogP contribution in [0.15, 0.2) is 61.7 Å². The number of quaternary nitrogens is 2. The maximum Gasteiger partial charge on any atom is 0.207 e. The van der Waals surface area contributed by atoms with Crippen LogP contribution in [0.4, 0.5) is 0 Å². The zero-order valence-corrected chi connectivity index (χ0v) is 16.9. The number of hydrogen-bond donors (Lipinski definition) is 0. The molecule has 0 bridgehead atoms. The monoisotopic (exact) mass is 350 g/mol. The van der Waals surface area contributed by atoms with Crippen molar-refractivity contribution >= 4 is 12.2 Å². The smallest absolute Gasteiger partial charge is 0.207 e. The Morgan fingerprint density at radius 1 is 0.731 bits per heavy atom. The normalized spacial score (nSPS) is 13.8. The van der Waals surface area contributed by atoms with Crippen LogP contribution in [0.3, 0.4) is 0 Å². The van der Waals surface area contributed by atoms with Gasteiger partial charge in [-0.15, -0.1) is 0 Å². The molecule has 0 saturated carbocycles. The van der Waals surface area contributed by atoms with Gasteiger partial charge in [-0.3, -0.25) is 8.97 Å². The summed E-state index contributed by atoms with van der Waals surface area (Å²) < 4.78 is 1.98. The molecule has 0 fully saturated rings. The molecular formula is C24H34N2+2. The van der Waals surface area contributed by atoms with Crippen molar-refractivity contribution in [3.8, 4) is 0 Å². The Balaban J connectivity index is 2.08. The molecule has 26 heavy (non-hydrogen) atoms. The first kappa shape index (κ1) is 20.2. The first-order valence-electron chi connectivity index (χ1n) is 9.37. The van der Waals surface area contributed by atoms with Crippen LogP contribution in [0.2, 0.25) is 0 Å². The van der Waals surface area contributed by atoms with Crippen LogP contribution < -0.4 is 0 Å². The lowest BCUT2D eigenvalue weighted by atomic mass is 10.1. The summed E-state index contributed by atoms with van der Waals surface area (Å²) in [7, 11) is 7.02. The van der Waals surface area contributed by atoms with Crippen molar-refractivity contribution in [2.75, 3.05) is 34.4 Å². The lowest BCUT2D eigenvalue weighted by molar-refractivity contribution is -1.09. The topological polar surface area (TPSA) is 0 Å². The van der Waals surface area contributed by atoms with E-state index in [0.717, 1.165) is 35.3 Å². The van der Waals surface area contributed by atoms with E-state index in [9.17, 15) is 0 Å². The third-order valence-electron chi connectivity index (χ3n) is 5.09. The SMILES string of the molecule is C=Cc1ccc(C[N+](C)(C)C[N+](C)(CC)Cc2ccc(C=C)cc2)cc1. The third-order valence-corrected chi connectivity index (χ3v) is 5.09. The van der Waals surface area contributed by atoms with E-state index in [2.05, 4.69) is 89.8 Å². The molecular weight excluding hydrogens is 316 g/mol. The van der Waals surface area contributed by atoms with Gasteiger partial charge >= 0.3 is 0 Å². The van der Waals surface area contributed by atoms with Crippen molar-refractivity contribution in [3.05, 3.63) is 83.9 Å².